The van der Waals surface area contributed by atoms with E-state index in [-0.39, 0.29) is 32.0 Å². The fourth-order valence-corrected chi connectivity index (χ4v) is 12.7. The minimum Gasteiger partial charge on any atom is -0.756 e. The first kappa shape index (κ1) is 97.9. The van der Waals surface area contributed by atoms with Gasteiger partial charge in [0, 0.05) is 12.8 Å². The van der Waals surface area contributed by atoms with Crippen molar-refractivity contribution < 1.29 is 42.1 Å². The molecule has 2 atom stereocenters. The van der Waals surface area contributed by atoms with Crippen LogP contribution < -0.4 is 4.89 Å². The molecule has 0 saturated carbocycles. The normalized spacial score (nSPS) is 13.7. The van der Waals surface area contributed by atoms with Crippen LogP contribution in [0.3, 0.4) is 0 Å². The number of nitrogens with zero attached hydrogens (tertiary/aromatic N) is 1. The van der Waals surface area contributed by atoms with Crippen LogP contribution in [-0.2, 0) is 32.7 Å². The molecule has 0 rings (SSSR count). The summed E-state index contributed by atoms with van der Waals surface area (Å²) in [5.74, 6) is -0.821. The second kappa shape index (κ2) is 81.0. The van der Waals surface area contributed by atoms with Crippen LogP contribution in [0.2, 0.25) is 0 Å². The van der Waals surface area contributed by atoms with Crippen molar-refractivity contribution >= 4 is 19.8 Å². The number of likely N-dealkylation sites (N-methyl/N-ethyl adjacent to an activating group) is 1. The number of quaternary nitrogens is 1. The summed E-state index contributed by atoms with van der Waals surface area (Å²) in [7, 11) is 1.17. The van der Waals surface area contributed by atoms with Crippen molar-refractivity contribution in [3.63, 3.8) is 0 Å². The molecule has 586 valence electrons. The van der Waals surface area contributed by atoms with E-state index >= 15 is 0 Å². The molecule has 102 heavy (non-hydrogen) atoms. The number of phosphoric ester groups is 1. The van der Waals surface area contributed by atoms with Crippen LogP contribution in [0.25, 0.3) is 0 Å². The van der Waals surface area contributed by atoms with Gasteiger partial charge in [0.25, 0.3) is 7.82 Å². The number of carbonyl (C=O) groups excluding carboxylic acids is 2. The number of phosphoric acid groups is 1. The zero-order chi connectivity index (χ0) is 74.0. The third-order valence-corrected chi connectivity index (χ3v) is 19.3. The molecule has 10 heteroatoms. The topological polar surface area (TPSA) is 111 Å². The van der Waals surface area contributed by atoms with Crippen molar-refractivity contribution in [2.45, 2.75) is 380 Å². The molecule has 0 spiro atoms. The number of unbranched alkanes of at least 4 members (excludes halogenated alkanes) is 40. The highest BCUT2D eigenvalue weighted by Crippen LogP contribution is 2.38. The maximum absolute atomic E-state index is 12.9. The molecule has 9 nitrogen and oxygen atoms in total. The molecule has 0 saturated heterocycles. The van der Waals surface area contributed by atoms with Gasteiger partial charge in [-0.05, 0) is 116 Å². The minimum absolute atomic E-state index is 0.0333. The summed E-state index contributed by atoms with van der Waals surface area (Å²) in [6, 6.07) is 0. The zero-order valence-electron chi connectivity index (χ0n) is 67.0. The monoisotopic (exact) mass is 1440 g/mol. The Morgan fingerprint density at radius 2 is 0.529 bits per heavy atom. The Bertz CT molecular complexity index is 2240. The molecule has 0 aromatic heterocycles. The lowest BCUT2D eigenvalue weighted by Crippen LogP contribution is -2.37. The second-order valence-corrected chi connectivity index (χ2v) is 30.8. The first-order valence-corrected chi connectivity index (χ1v) is 44.0. The highest BCUT2D eigenvalue weighted by Gasteiger charge is 2.22. The van der Waals surface area contributed by atoms with E-state index in [4.69, 9.17) is 18.5 Å². The van der Waals surface area contributed by atoms with E-state index in [1.807, 2.05) is 21.1 Å². The maximum atomic E-state index is 12.9. The first-order valence-electron chi connectivity index (χ1n) is 42.5. The predicted molar refractivity (Wildman–Crippen MR) is 443 cm³/mol. The van der Waals surface area contributed by atoms with Crippen molar-refractivity contribution in [1.82, 2.24) is 0 Å². The summed E-state index contributed by atoms with van der Waals surface area (Å²) in [6.07, 6.45) is 120. The third-order valence-electron chi connectivity index (χ3n) is 18.4. The molecule has 0 aromatic carbocycles. The molecule has 0 radical (unpaired) electrons. The summed E-state index contributed by atoms with van der Waals surface area (Å²) in [4.78, 5) is 38.2. The standard InChI is InChI=1S/C92H160NO8P/c1-6-8-10-12-14-16-18-20-22-24-26-28-30-32-34-36-38-40-42-44-45-46-47-49-50-52-54-56-58-60-62-64-66-68-70-72-74-76-78-80-82-84-91(94)98-88-90(89-100-102(96,97)99-87-86-93(3,4)5)101-92(95)85-83-81-79-77-75-73-71-69-67-65-63-61-59-57-55-53-51-48-43-41-39-37-35-33-31-29-27-25-23-21-19-17-15-13-11-9-7-2/h8-11,14-17,20-23,26-29,32-35,39,41,48,51,90H,6-7,12-13,18-19,24-25,30-31,36-38,40,42-47,49-50,52-89H2,1-5H3/b10-8-,11-9-,16-14-,17-15-,22-20-,23-21-,28-26-,29-27-,34-32-,35-33-,41-39-,51-48-. The van der Waals surface area contributed by atoms with Crippen molar-refractivity contribution in [1.29, 1.82) is 0 Å². The predicted octanol–water partition coefficient (Wildman–Crippen LogP) is 28.2. The molecule has 0 amide bonds. The van der Waals surface area contributed by atoms with E-state index in [2.05, 4.69) is 160 Å². The average Bonchev–Trinajstić information content (AvgIpc) is 0.913. The molecule has 0 aliphatic rings. The Morgan fingerprint density at radius 1 is 0.304 bits per heavy atom. The third kappa shape index (κ3) is 84.8. The van der Waals surface area contributed by atoms with Crippen molar-refractivity contribution in [3.8, 4) is 0 Å². The van der Waals surface area contributed by atoms with Gasteiger partial charge in [-0.25, -0.2) is 0 Å². The fraction of sp³-hybridized carbons (Fsp3) is 0.717. The molecule has 0 heterocycles. The Balaban J connectivity index is 3.92. The quantitative estimate of drug-likeness (QED) is 0.0195. The van der Waals surface area contributed by atoms with Gasteiger partial charge in [-0.1, -0.05) is 391 Å². The molecule has 0 fully saturated rings. The van der Waals surface area contributed by atoms with Gasteiger partial charge >= 0.3 is 11.9 Å². The average molecular weight is 1440 g/mol. The highest BCUT2D eigenvalue weighted by molar-refractivity contribution is 7.45. The lowest BCUT2D eigenvalue weighted by atomic mass is 10.0. The molecular formula is C92H160NO8P. The Kier molecular flexibility index (Phi) is 77.7. The summed E-state index contributed by atoms with van der Waals surface area (Å²) in [6.45, 7) is 4.05. The van der Waals surface area contributed by atoms with E-state index < -0.39 is 26.5 Å². The molecule has 0 aliphatic carbocycles. The Morgan fingerprint density at radius 3 is 0.784 bits per heavy atom. The molecule has 0 aliphatic heterocycles. The van der Waals surface area contributed by atoms with Gasteiger partial charge in [-0.15, -0.1) is 0 Å². The summed E-state index contributed by atoms with van der Waals surface area (Å²) < 4.78 is 34.5. The SMILES string of the molecule is CC/C=C\C/C=C\C/C=C\C/C=C\C/C=C\C/C=C\C/C=C\CCCCCCCCCCCCCCCCCC(=O)OC(COC(=O)CCCCCCCCCCCCCCCCCCCCCCCCCCC/C=C\C/C=C\C/C=C\C/C=C\C/C=C\CC)COP(=O)([O-])OCC[N+](C)(C)C. The van der Waals surface area contributed by atoms with E-state index in [0.29, 0.717) is 17.4 Å². The number of carbonyl (C=O) groups is 2. The van der Waals surface area contributed by atoms with E-state index in [0.717, 1.165) is 116 Å². The highest BCUT2D eigenvalue weighted by atomic mass is 31.2. The van der Waals surface area contributed by atoms with Crippen molar-refractivity contribution in [2.24, 2.45) is 0 Å². The van der Waals surface area contributed by atoms with Crippen LogP contribution in [0.5, 0.6) is 0 Å². The van der Waals surface area contributed by atoms with Gasteiger partial charge in [0.2, 0.25) is 0 Å². The molecular weight excluding hydrogens is 1280 g/mol. The van der Waals surface area contributed by atoms with Crippen molar-refractivity contribution in [3.05, 3.63) is 146 Å². The first-order chi connectivity index (χ1) is 50.0. The number of hydrogen-bond acceptors (Lipinski definition) is 8. The Labute approximate surface area is 631 Å². The lowest BCUT2D eigenvalue weighted by molar-refractivity contribution is -0.870. The van der Waals surface area contributed by atoms with Crippen LogP contribution in [0.15, 0.2) is 146 Å². The van der Waals surface area contributed by atoms with Gasteiger partial charge in [0.05, 0.1) is 27.7 Å². The van der Waals surface area contributed by atoms with Gasteiger partial charge in [-0.3, -0.25) is 14.2 Å². The lowest BCUT2D eigenvalue weighted by Gasteiger charge is -2.28. The van der Waals surface area contributed by atoms with Crippen LogP contribution >= 0.6 is 7.82 Å². The van der Waals surface area contributed by atoms with E-state index in [9.17, 15) is 19.0 Å². The number of rotatable bonds is 78. The molecule has 0 bridgehead atoms. The fourth-order valence-electron chi connectivity index (χ4n) is 12.0. The maximum Gasteiger partial charge on any atom is 0.306 e. The van der Waals surface area contributed by atoms with E-state index in [1.54, 1.807) is 0 Å². The van der Waals surface area contributed by atoms with Gasteiger partial charge in [-0.2, -0.15) is 0 Å². The number of allylic oxidation sites excluding steroid dienone is 24. The van der Waals surface area contributed by atoms with Crippen LogP contribution in [0, 0.1) is 0 Å². The van der Waals surface area contributed by atoms with Gasteiger partial charge < -0.3 is 27.9 Å². The number of hydrogen-bond donors (Lipinski definition) is 0. The second-order valence-electron chi connectivity index (χ2n) is 29.4. The number of ether oxygens (including phenoxy) is 2. The van der Waals surface area contributed by atoms with Crippen LogP contribution in [0.4, 0.5) is 0 Å². The van der Waals surface area contributed by atoms with Gasteiger partial charge in [0.1, 0.15) is 19.8 Å². The summed E-state index contributed by atoms with van der Waals surface area (Å²) in [5, 5.41) is 0. The molecule has 2 unspecified atom stereocenters. The minimum atomic E-state index is -4.65. The van der Waals surface area contributed by atoms with Crippen molar-refractivity contribution in [2.75, 3.05) is 47.5 Å². The molecule has 0 aromatic rings. The molecule has 0 N–H and O–H groups in total. The van der Waals surface area contributed by atoms with Crippen LogP contribution in [0.1, 0.15) is 373 Å². The smallest absolute Gasteiger partial charge is 0.306 e. The van der Waals surface area contributed by atoms with E-state index in [1.165, 1.54) is 225 Å². The number of esters is 2. The Hall–Kier alpha value is -4.11. The largest absolute Gasteiger partial charge is 0.756 e. The van der Waals surface area contributed by atoms with Gasteiger partial charge in [0.15, 0.2) is 6.10 Å². The summed E-state index contributed by atoms with van der Waals surface area (Å²) in [5.41, 5.74) is 0. The summed E-state index contributed by atoms with van der Waals surface area (Å²) >= 11 is 0. The zero-order valence-corrected chi connectivity index (χ0v) is 67.9. The van der Waals surface area contributed by atoms with Crippen LogP contribution in [-0.4, -0.2) is 70.0 Å².